The van der Waals surface area contributed by atoms with E-state index in [0.29, 0.717) is 5.92 Å². The minimum absolute atomic E-state index is 0.648. The molecule has 1 N–H and O–H groups in total. The lowest BCUT2D eigenvalue weighted by Crippen LogP contribution is -2.23. The first-order chi connectivity index (χ1) is 10.1. The number of anilines is 1. The second kappa shape index (κ2) is 8.10. The molecule has 0 fully saturated rings. The van der Waals surface area contributed by atoms with Crippen LogP contribution in [-0.2, 0) is 13.0 Å². The Kier molecular flexibility index (Phi) is 6.14. The van der Waals surface area contributed by atoms with Gasteiger partial charge in [-0.1, -0.05) is 19.9 Å². The summed E-state index contributed by atoms with van der Waals surface area (Å²) < 4.78 is 0. The van der Waals surface area contributed by atoms with Crippen LogP contribution in [0.3, 0.4) is 0 Å². The summed E-state index contributed by atoms with van der Waals surface area (Å²) in [5.41, 5.74) is 0.996. The Labute approximate surface area is 131 Å². The molecule has 0 atom stereocenters. The molecule has 5 heteroatoms. The van der Waals surface area contributed by atoms with Crippen LogP contribution in [0.15, 0.2) is 29.9 Å². The van der Waals surface area contributed by atoms with Gasteiger partial charge in [0.15, 0.2) is 0 Å². The van der Waals surface area contributed by atoms with E-state index in [1.807, 2.05) is 12.4 Å². The summed E-state index contributed by atoms with van der Waals surface area (Å²) in [5.74, 6) is 1.59. The van der Waals surface area contributed by atoms with Crippen LogP contribution in [0.4, 0.5) is 5.82 Å². The van der Waals surface area contributed by atoms with Crippen molar-refractivity contribution in [3.05, 3.63) is 40.5 Å². The standard InChI is InChI=1S/C16H24N4S/c1-13(2)9-17-10-14-11-18-12-16(19-14)20(3)7-6-15-5-4-8-21-15/h4-5,8,11-13,17H,6-7,9-10H2,1-3H3. The minimum Gasteiger partial charge on any atom is -0.358 e. The highest BCUT2D eigenvalue weighted by Crippen LogP contribution is 2.12. The highest BCUT2D eigenvalue weighted by atomic mass is 32.1. The zero-order chi connectivity index (χ0) is 15.1. The largest absolute Gasteiger partial charge is 0.358 e. The van der Waals surface area contributed by atoms with E-state index in [2.05, 4.69) is 58.6 Å². The number of aromatic nitrogens is 2. The first-order valence-electron chi connectivity index (χ1n) is 7.40. The molecule has 0 aliphatic heterocycles. The summed E-state index contributed by atoms with van der Waals surface area (Å²) in [5, 5.41) is 5.52. The molecule has 0 aliphatic rings. The fourth-order valence-electron chi connectivity index (χ4n) is 2.00. The Morgan fingerprint density at radius 2 is 2.19 bits per heavy atom. The molecular weight excluding hydrogens is 280 g/mol. The van der Waals surface area contributed by atoms with Crippen molar-refractivity contribution in [3.63, 3.8) is 0 Å². The second-order valence-corrected chi connectivity index (χ2v) is 6.68. The van der Waals surface area contributed by atoms with Gasteiger partial charge in [0.2, 0.25) is 0 Å². The van der Waals surface area contributed by atoms with Crippen molar-refractivity contribution in [2.24, 2.45) is 5.92 Å². The van der Waals surface area contributed by atoms with Crippen molar-refractivity contribution < 1.29 is 0 Å². The quantitative estimate of drug-likeness (QED) is 0.814. The fraction of sp³-hybridized carbons (Fsp3) is 0.500. The molecule has 21 heavy (non-hydrogen) atoms. The average molecular weight is 304 g/mol. The first-order valence-corrected chi connectivity index (χ1v) is 8.28. The van der Waals surface area contributed by atoms with Crippen LogP contribution < -0.4 is 10.2 Å². The lowest BCUT2D eigenvalue weighted by molar-refractivity contribution is 0.547. The SMILES string of the molecule is CC(C)CNCc1cncc(N(C)CCc2cccs2)n1. The van der Waals surface area contributed by atoms with Crippen LogP contribution in [0.25, 0.3) is 0 Å². The molecule has 0 amide bonds. The molecule has 2 aromatic rings. The Morgan fingerprint density at radius 1 is 1.33 bits per heavy atom. The van der Waals surface area contributed by atoms with Crippen LogP contribution in [0.5, 0.6) is 0 Å². The van der Waals surface area contributed by atoms with E-state index in [-0.39, 0.29) is 0 Å². The second-order valence-electron chi connectivity index (χ2n) is 5.64. The highest BCUT2D eigenvalue weighted by Gasteiger charge is 2.05. The first kappa shape index (κ1) is 15.9. The van der Waals surface area contributed by atoms with Crippen molar-refractivity contribution in [1.29, 1.82) is 0 Å². The third-order valence-electron chi connectivity index (χ3n) is 3.20. The molecule has 4 nitrogen and oxygen atoms in total. The molecule has 0 bridgehead atoms. The van der Waals surface area contributed by atoms with Crippen LogP contribution in [-0.4, -0.2) is 30.1 Å². The van der Waals surface area contributed by atoms with Crippen LogP contribution in [0.2, 0.25) is 0 Å². The number of likely N-dealkylation sites (N-methyl/N-ethyl adjacent to an activating group) is 1. The van der Waals surface area contributed by atoms with Crippen molar-refractivity contribution >= 4 is 17.2 Å². The van der Waals surface area contributed by atoms with Gasteiger partial charge < -0.3 is 10.2 Å². The van der Waals surface area contributed by atoms with Gasteiger partial charge in [0.05, 0.1) is 11.9 Å². The van der Waals surface area contributed by atoms with Gasteiger partial charge in [-0.2, -0.15) is 0 Å². The van der Waals surface area contributed by atoms with Gasteiger partial charge in [0.1, 0.15) is 5.82 Å². The van der Waals surface area contributed by atoms with E-state index in [1.54, 1.807) is 11.3 Å². The van der Waals surface area contributed by atoms with E-state index in [1.165, 1.54) is 4.88 Å². The van der Waals surface area contributed by atoms with E-state index in [9.17, 15) is 0 Å². The normalized spacial score (nSPS) is 11.0. The molecule has 2 heterocycles. The van der Waals surface area contributed by atoms with Crippen LogP contribution in [0, 0.1) is 5.92 Å². The highest BCUT2D eigenvalue weighted by molar-refractivity contribution is 7.09. The van der Waals surface area contributed by atoms with Gasteiger partial charge in [0.25, 0.3) is 0 Å². The summed E-state index contributed by atoms with van der Waals surface area (Å²) in [6.45, 7) is 7.14. The van der Waals surface area contributed by atoms with E-state index < -0.39 is 0 Å². The van der Waals surface area contributed by atoms with Gasteiger partial charge in [-0.05, 0) is 30.3 Å². The van der Waals surface area contributed by atoms with Gasteiger partial charge in [-0.3, -0.25) is 4.98 Å². The number of hydrogen-bond acceptors (Lipinski definition) is 5. The van der Waals surface area contributed by atoms with E-state index >= 15 is 0 Å². The number of rotatable bonds is 8. The van der Waals surface area contributed by atoms with E-state index in [0.717, 1.165) is 37.6 Å². The Hall–Kier alpha value is -1.46. The molecular formula is C16H24N4S. The van der Waals surface area contributed by atoms with E-state index in [4.69, 9.17) is 0 Å². The summed E-state index contributed by atoms with van der Waals surface area (Å²) in [6, 6.07) is 4.28. The molecule has 0 saturated heterocycles. The number of hydrogen-bond donors (Lipinski definition) is 1. The molecule has 0 unspecified atom stereocenters. The molecule has 114 valence electrons. The minimum atomic E-state index is 0.648. The molecule has 0 radical (unpaired) electrons. The maximum absolute atomic E-state index is 4.67. The maximum Gasteiger partial charge on any atom is 0.147 e. The topological polar surface area (TPSA) is 41.1 Å². The van der Waals surface area contributed by atoms with Crippen LogP contribution in [0.1, 0.15) is 24.4 Å². The predicted octanol–water partition coefficient (Wildman–Crippen LogP) is 2.96. The van der Waals surface area contributed by atoms with Crippen molar-refractivity contribution in [3.8, 4) is 0 Å². The zero-order valence-corrected chi connectivity index (χ0v) is 13.9. The lowest BCUT2D eigenvalue weighted by atomic mass is 10.2. The average Bonchev–Trinajstić information content (AvgIpc) is 2.98. The Balaban J connectivity index is 1.86. The molecule has 0 spiro atoms. The third-order valence-corrected chi connectivity index (χ3v) is 4.13. The fourth-order valence-corrected chi connectivity index (χ4v) is 2.70. The molecule has 0 aliphatic carbocycles. The molecule has 0 saturated carbocycles. The zero-order valence-electron chi connectivity index (χ0n) is 13.0. The number of nitrogens with one attached hydrogen (secondary N) is 1. The Morgan fingerprint density at radius 3 is 2.90 bits per heavy atom. The maximum atomic E-state index is 4.67. The summed E-state index contributed by atoms with van der Waals surface area (Å²) in [4.78, 5) is 12.6. The van der Waals surface area contributed by atoms with Crippen molar-refractivity contribution in [2.75, 3.05) is 25.0 Å². The van der Waals surface area contributed by atoms with Crippen molar-refractivity contribution in [1.82, 2.24) is 15.3 Å². The number of nitrogens with zero attached hydrogens (tertiary/aromatic N) is 3. The predicted molar refractivity (Wildman–Crippen MR) is 89.9 cm³/mol. The van der Waals surface area contributed by atoms with Gasteiger partial charge >= 0.3 is 0 Å². The monoisotopic (exact) mass is 304 g/mol. The molecule has 0 aromatic carbocycles. The summed E-state index contributed by atoms with van der Waals surface area (Å²) >= 11 is 1.80. The van der Waals surface area contributed by atoms with Gasteiger partial charge in [0, 0.05) is 31.2 Å². The van der Waals surface area contributed by atoms with Gasteiger partial charge in [-0.15, -0.1) is 11.3 Å². The lowest BCUT2D eigenvalue weighted by Gasteiger charge is -2.18. The summed E-state index contributed by atoms with van der Waals surface area (Å²) in [6.07, 6.45) is 4.72. The van der Waals surface area contributed by atoms with Crippen molar-refractivity contribution in [2.45, 2.75) is 26.8 Å². The smallest absolute Gasteiger partial charge is 0.147 e. The number of thiophene rings is 1. The summed E-state index contributed by atoms with van der Waals surface area (Å²) in [7, 11) is 2.07. The third kappa shape index (κ3) is 5.44. The molecule has 2 rings (SSSR count). The van der Waals surface area contributed by atoms with Crippen LogP contribution >= 0.6 is 11.3 Å². The molecule has 2 aromatic heterocycles. The Bertz CT molecular complexity index is 525. The van der Waals surface area contributed by atoms with Gasteiger partial charge in [-0.25, -0.2) is 4.98 Å².